The fourth-order valence-electron chi connectivity index (χ4n) is 3.64. The molecule has 0 unspecified atom stereocenters. The molecule has 4 rings (SSSR count). The van der Waals surface area contributed by atoms with Gasteiger partial charge in [0, 0.05) is 48.1 Å². The summed E-state index contributed by atoms with van der Waals surface area (Å²) in [5, 5.41) is 3.29. The average Bonchev–Trinajstić information content (AvgIpc) is 2.80. The number of carbonyl (C=O) groups is 1. The third kappa shape index (κ3) is 5.02. The van der Waals surface area contributed by atoms with Crippen LogP contribution >= 0.6 is 15.9 Å². The molecule has 166 valence electrons. The van der Waals surface area contributed by atoms with Crippen molar-refractivity contribution in [2.24, 2.45) is 0 Å². The highest BCUT2D eigenvalue weighted by molar-refractivity contribution is 9.10. The van der Waals surface area contributed by atoms with Crippen LogP contribution in [0.3, 0.4) is 0 Å². The van der Waals surface area contributed by atoms with E-state index in [1.54, 1.807) is 13.2 Å². The Morgan fingerprint density at radius 2 is 1.72 bits per heavy atom. The van der Waals surface area contributed by atoms with Crippen molar-refractivity contribution in [3.8, 4) is 5.75 Å². The molecular formula is C24H26BrN5O2. The van der Waals surface area contributed by atoms with Gasteiger partial charge in [0.1, 0.15) is 11.6 Å². The van der Waals surface area contributed by atoms with Crippen LogP contribution in [-0.2, 0) is 0 Å². The molecule has 1 aliphatic rings. The van der Waals surface area contributed by atoms with E-state index < -0.39 is 0 Å². The minimum absolute atomic E-state index is 0.00369. The van der Waals surface area contributed by atoms with Crippen molar-refractivity contribution in [3.05, 3.63) is 69.8 Å². The van der Waals surface area contributed by atoms with Crippen molar-refractivity contribution in [1.82, 2.24) is 14.9 Å². The zero-order valence-corrected chi connectivity index (χ0v) is 20.0. The second kappa shape index (κ2) is 9.56. The highest BCUT2D eigenvalue weighted by atomic mass is 79.9. The van der Waals surface area contributed by atoms with E-state index in [0.717, 1.165) is 21.7 Å². The number of carbonyl (C=O) groups excluding carboxylic acids is 1. The van der Waals surface area contributed by atoms with E-state index in [0.29, 0.717) is 43.4 Å². The van der Waals surface area contributed by atoms with Crippen LogP contribution in [0, 0.1) is 13.8 Å². The van der Waals surface area contributed by atoms with Gasteiger partial charge < -0.3 is 19.9 Å². The summed E-state index contributed by atoms with van der Waals surface area (Å²) in [7, 11) is 1.60. The van der Waals surface area contributed by atoms with E-state index in [1.165, 1.54) is 5.56 Å². The summed E-state index contributed by atoms with van der Waals surface area (Å²) in [6.45, 7) is 6.66. The molecule has 3 aromatic rings. The number of aromatic nitrogens is 2. The molecule has 0 atom stereocenters. The van der Waals surface area contributed by atoms with Crippen LogP contribution in [-0.4, -0.2) is 54.1 Å². The van der Waals surface area contributed by atoms with Gasteiger partial charge >= 0.3 is 0 Å². The number of aryl methyl sites for hydroxylation is 2. The van der Waals surface area contributed by atoms with Gasteiger partial charge in [0.25, 0.3) is 5.91 Å². The summed E-state index contributed by atoms with van der Waals surface area (Å²) in [6, 6.07) is 15.6. The second-order valence-corrected chi connectivity index (χ2v) is 8.66. The Balaban J connectivity index is 1.44. The van der Waals surface area contributed by atoms with E-state index in [-0.39, 0.29) is 5.91 Å². The predicted molar refractivity (Wildman–Crippen MR) is 130 cm³/mol. The van der Waals surface area contributed by atoms with Crippen LogP contribution in [0.5, 0.6) is 5.75 Å². The standard InChI is InChI=1S/C24H26BrN5O2/c1-16-4-6-18(7-5-16)27-24-26-17(2)14-22(28-24)29-10-12-30(13-11-29)23(31)20-15-19(32-3)8-9-21(20)25/h4-9,14-15H,10-13H2,1-3H3,(H,26,27,28). The average molecular weight is 496 g/mol. The topological polar surface area (TPSA) is 70.6 Å². The third-order valence-corrected chi connectivity index (χ3v) is 6.13. The number of halogens is 1. The minimum Gasteiger partial charge on any atom is -0.497 e. The number of piperazine rings is 1. The zero-order valence-electron chi connectivity index (χ0n) is 18.4. The normalized spacial score (nSPS) is 13.8. The first kappa shape index (κ1) is 22.1. The first-order valence-corrected chi connectivity index (χ1v) is 11.3. The molecule has 1 aromatic heterocycles. The van der Waals surface area contributed by atoms with Crippen LogP contribution in [0.4, 0.5) is 17.5 Å². The van der Waals surface area contributed by atoms with Crippen molar-refractivity contribution in [1.29, 1.82) is 0 Å². The molecule has 1 fully saturated rings. The summed E-state index contributed by atoms with van der Waals surface area (Å²) < 4.78 is 6.04. The molecule has 1 saturated heterocycles. The number of benzene rings is 2. The van der Waals surface area contributed by atoms with Gasteiger partial charge in [-0.15, -0.1) is 0 Å². The highest BCUT2D eigenvalue weighted by Gasteiger charge is 2.25. The van der Waals surface area contributed by atoms with Crippen molar-refractivity contribution in [3.63, 3.8) is 0 Å². The van der Waals surface area contributed by atoms with E-state index in [2.05, 4.69) is 50.2 Å². The van der Waals surface area contributed by atoms with E-state index in [9.17, 15) is 4.79 Å². The molecule has 2 heterocycles. The molecule has 7 nitrogen and oxygen atoms in total. The quantitative estimate of drug-likeness (QED) is 0.558. The van der Waals surface area contributed by atoms with Gasteiger partial charge in [-0.2, -0.15) is 4.98 Å². The van der Waals surface area contributed by atoms with Gasteiger partial charge in [-0.25, -0.2) is 4.98 Å². The van der Waals surface area contributed by atoms with E-state index in [1.807, 2.05) is 42.2 Å². The van der Waals surface area contributed by atoms with Crippen LogP contribution in [0.25, 0.3) is 0 Å². The fourth-order valence-corrected chi connectivity index (χ4v) is 4.06. The zero-order chi connectivity index (χ0) is 22.7. The maximum atomic E-state index is 13.1. The van der Waals surface area contributed by atoms with Gasteiger partial charge in [0.2, 0.25) is 5.95 Å². The second-order valence-electron chi connectivity index (χ2n) is 7.81. The van der Waals surface area contributed by atoms with Gasteiger partial charge in [-0.3, -0.25) is 4.79 Å². The maximum absolute atomic E-state index is 13.1. The molecule has 1 amide bonds. The lowest BCUT2D eigenvalue weighted by Crippen LogP contribution is -2.49. The molecule has 0 saturated carbocycles. The first-order valence-electron chi connectivity index (χ1n) is 10.5. The molecule has 8 heteroatoms. The Hall–Kier alpha value is -3.13. The molecule has 2 aromatic carbocycles. The Morgan fingerprint density at radius 1 is 1.00 bits per heavy atom. The van der Waals surface area contributed by atoms with Crippen molar-refractivity contribution in [2.75, 3.05) is 43.5 Å². The number of ether oxygens (including phenoxy) is 1. The van der Waals surface area contributed by atoms with Crippen LogP contribution in [0.15, 0.2) is 53.0 Å². The van der Waals surface area contributed by atoms with Gasteiger partial charge in [0.15, 0.2) is 0 Å². The molecule has 0 bridgehead atoms. The number of anilines is 3. The SMILES string of the molecule is COc1ccc(Br)c(C(=O)N2CCN(c3cc(C)nc(Nc4ccc(C)cc4)n3)CC2)c1. The van der Waals surface area contributed by atoms with Gasteiger partial charge in [0.05, 0.1) is 12.7 Å². The molecule has 32 heavy (non-hydrogen) atoms. The number of hydrogen-bond acceptors (Lipinski definition) is 6. The fraction of sp³-hybridized carbons (Fsp3) is 0.292. The van der Waals surface area contributed by atoms with Gasteiger partial charge in [-0.05, 0) is 60.1 Å². The number of amides is 1. The lowest BCUT2D eigenvalue weighted by molar-refractivity contribution is 0.0745. The summed E-state index contributed by atoms with van der Waals surface area (Å²) in [4.78, 5) is 26.4. The molecular weight excluding hydrogens is 470 g/mol. The monoisotopic (exact) mass is 495 g/mol. The third-order valence-electron chi connectivity index (χ3n) is 5.44. The summed E-state index contributed by atoms with van der Waals surface area (Å²) in [6.07, 6.45) is 0. The Kier molecular flexibility index (Phi) is 6.60. The lowest BCUT2D eigenvalue weighted by atomic mass is 10.1. The van der Waals surface area contributed by atoms with Crippen LogP contribution < -0.4 is 15.0 Å². The summed E-state index contributed by atoms with van der Waals surface area (Å²) in [5.41, 5.74) is 3.66. The van der Waals surface area contributed by atoms with Crippen LogP contribution in [0.2, 0.25) is 0 Å². The van der Waals surface area contributed by atoms with Crippen molar-refractivity contribution in [2.45, 2.75) is 13.8 Å². The largest absolute Gasteiger partial charge is 0.497 e. The highest BCUT2D eigenvalue weighted by Crippen LogP contribution is 2.25. The molecule has 1 N–H and O–H groups in total. The molecule has 0 aliphatic carbocycles. The number of rotatable bonds is 5. The minimum atomic E-state index is -0.00369. The number of methoxy groups -OCH3 is 1. The van der Waals surface area contributed by atoms with Crippen molar-refractivity contribution < 1.29 is 9.53 Å². The van der Waals surface area contributed by atoms with E-state index >= 15 is 0 Å². The number of hydrogen-bond donors (Lipinski definition) is 1. The van der Waals surface area contributed by atoms with Gasteiger partial charge in [-0.1, -0.05) is 17.7 Å². The Labute approximate surface area is 196 Å². The summed E-state index contributed by atoms with van der Waals surface area (Å²) in [5.74, 6) is 2.10. The molecule has 1 aliphatic heterocycles. The van der Waals surface area contributed by atoms with Crippen LogP contribution in [0.1, 0.15) is 21.6 Å². The predicted octanol–water partition coefficient (Wildman–Crippen LogP) is 4.57. The lowest BCUT2D eigenvalue weighted by Gasteiger charge is -2.35. The summed E-state index contributed by atoms with van der Waals surface area (Å²) >= 11 is 3.49. The molecule has 0 spiro atoms. The first-order chi connectivity index (χ1) is 15.4. The Morgan fingerprint density at radius 3 is 2.41 bits per heavy atom. The maximum Gasteiger partial charge on any atom is 0.255 e. The van der Waals surface area contributed by atoms with E-state index in [4.69, 9.17) is 9.72 Å². The van der Waals surface area contributed by atoms with Crippen molar-refractivity contribution >= 4 is 39.3 Å². The molecule has 0 radical (unpaired) electrons. The Bertz CT molecular complexity index is 1110. The smallest absolute Gasteiger partial charge is 0.255 e. The number of nitrogens with zero attached hydrogens (tertiary/aromatic N) is 4. The number of nitrogens with one attached hydrogen (secondary N) is 1.